The third-order valence-electron chi connectivity index (χ3n) is 2.09. The van der Waals surface area contributed by atoms with Crippen LogP contribution in [-0.2, 0) is 4.79 Å². The van der Waals surface area contributed by atoms with E-state index in [1.54, 1.807) is 13.0 Å². The largest absolute Gasteiger partial charge is 0.480 e. The summed E-state index contributed by atoms with van der Waals surface area (Å²) in [4.78, 5) is 22.1. The van der Waals surface area contributed by atoms with Crippen molar-refractivity contribution in [3.63, 3.8) is 0 Å². The number of hydrogen-bond donors (Lipinski definition) is 2. The highest BCUT2D eigenvalue weighted by Crippen LogP contribution is 2.27. The maximum absolute atomic E-state index is 10.8. The predicted octanol–water partition coefficient (Wildman–Crippen LogP) is 2.26. The fraction of sp³-hybridized carbons (Fsp3) is 0.273. The van der Waals surface area contributed by atoms with Crippen molar-refractivity contribution >= 4 is 23.7 Å². The van der Waals surface area contributed by atoms with E-state index in [4.69, 9.17) is 10.2 Å². The van der Waals surface area contributed by atoms with Crippen LogP contribution >= 0.6 is 11.8 Å². The molecular weight excluding hydrogens is 228 g/mol. The molecule has 0 heterocycles. The first kappa shape index (κ1) is 12.6. The van der Waals surface area contributed by atoms with E-state index in [9.17, 15) is 9.59 Å². The van der Waals surface area contributed by atoms with Gasteiger partial charge in [-0.2, -0.15) is 0 Å². The SMILES string of the molecule is Cc1ccc(C(=O)O)cc1SC(C)C(=O)O. The summed E-state index contributed by atoms with van der Waals surface area (Å²) in [5.41, 5.74) is 1.05. The van der Waals surface area contributed by atoms with Crippen LogP contribution in [0.2, 0.25) is 0 Å². The molecule has 1 atom stereocenters. The van der Waals surface area contributed by atoms with E-state index >= 15 is 0 Å². The summed E-state index contributed by atoms with van der Waals surface area (Å²) in [7, 11) is 0. The maximum atomic E-state index is 10.8. The van der Waals surface area contributed by atoms with Crippen LogP contribution in [0.4, 0.5) is 0 Å². The molecule has 0 aliphatic heterocycles. The zero-order valence-electron chi connectivity index (χ0n) is 8.93. The highest BCUT2D eigenvalue weighted by molar-refractivity contribution is 8.00. The minimum atomic E-state index is -1.01. The van der Waals surface area contributed by atoms with E-state index in [0.29, 0.717) is 4.90 Å². The Kier molecular flexibility index (Phi) is 3.95. The Hall–Kier alpha value is -1.49. The molecule has 0 aromatic heterocycles. The normalized spacial score (nSPS) is 12.1. The first-order chi connectivity index (χ1) is 7.41. The van der Waals surface area contributed by atoms with Gasteiger partial charge in [-0.05, 0) is 31.5 Å². The average Bonchev–Trinajstić information content (AvgIpc) is 2.20. The van der Waals surface area contributed by atoms with E-state index < -0.39 is 17.2 Å². The minimum Gasteiger partial charge on any atom is -0.480 e. The monoisotopic (exact) mass is 240 g/mol. The molecule has 0 amide bonds. The molecule has 0 saturated carbocycles. The van der Waals surface area contributed by atoms with Crippen LogP contribution in [0.15, 0.2) is 23.1 Å². The van der Waals surface area contributed by atoms with Gasteiger partial charge in [-0.25, -0.2) is 4.79 Å². The second-order valence-corrected chi connectivity index (χ2v) is 4.77. The van der Waals surface area contributed by atoms with Gasteiger partial charge in [-0.3, -0.25) is 4.79 Å². The van der Waals surface area contributed by atoms with Crippen LogP contribution in [-0.4, -0.2) is 27.4 Å². The van der Waals surface area contributed by atoms with Crippen LogP contribution in [0.25, 0.3) is 0 Å². The van der Waals surface area contributed by atoms with Crippen molar-refractivity contribution in [3.8, 4) is 0 Å². The molecule has 16 heavy (non-hydrogen) atoms. The lowest BCUT2D eigenvalue weighted by Crippen LogP contribution is -2.11. The Balaban J connectivity index is 2.98. The van der Waals surface area contributed by atoms with Crippen LogP contribution in [0.1, 0.15) is 22.8 Å². The van der Waals surface area contributed by atoms with Gasteiger partial charge in [0.05, 0.1) is 5.56 Å². The third kappa shape index (κ3) is 3.00. The van der Waals surface area contributed by atoms with Crippen LogP contribution < -0.4 is 0 Å². The molecule has 1 aromatic carbocycles. The molecule has 2 N–H and O–H groups in total. The molecule has 1 unspecified atom stereocenters. The van der Waals surface area contributed by atoms with E-state index in [-0.39, 0.29) is 5.56 Å². The molecule has 86 valence electrons. The molecule has 5 heteroatoms. The zero-order chi connectivity index (χ0) is 12.3. The lowest BCUT2D eigenvalue weighted by atomic mass is 10.1. The molecule has 0 aliphatic carbocycles. The van der Waals surface area contributed by atoms with Crippen molar-refractivity contribution in [2.45, 2.75) is 24.0 Å². The van der Waals surface area contributed by atoms with Gasteiger partial charge in [-0.15, -0.1) is 11.8 Å². The molecule has 0 spiro atoms. The summed E-state index contributed by atoms with van der Waals surface area (Å²) in [6.07, 6.45) is 0. The fourth-order valence-electron chi connectivity index (χ4n) is 1.10. The molecule has 0 aliphatic rings. The Morgan fingerprint density at radius 2 is 1.94 bits per heavy atom. The Morgan fingerprint density at radius 3 is 2.44 bits per heavy atom. The number of carboxylic acid groups (broad SMARTS) is 2. The number of aryl methyl sites for hydroxylation is 1. The molecular formula is C11H12O4S. The molecule has 1 rings (SSSR count). The molecule has 0 radical (unpaired) electrons. The molecule has 1 aromatic rings. The topological polar surface area (TPSA) is 74.6 Å². The first-order valence-corrected chi connectivity index (χ1v) is 5.53. The first-order valence-electron chi connectivity index (χ1n) is 4.65. The quantitative estimate of drug-likeness (QED) is 0.789. The summed E-state index contributed by atoms with van der Waals surface area (Å²) in [6, 6.07) is 4.69. The van der Waals surface area contributed by atoms with Gasteiger partial charge in [0.2, 0.25) is 0 Å². The maximum Gasteiger partial charge on any atom is 0.335 e. The van der Waals surface area contributed by atoms with E-state index in [0.717, 1.165) is 17.3 Å². The smallest absolute Gasteiger partial charge is 0.335 e. The van der Waals surface area contributed by atoms with Crippen molar-refractivity contribution in [3.05, 3.63) is 29.3 Å². The van der Waals surface area contributed by atoms with Crippen LogP contribution in [0, 0.1) is 6.92 Å². The van der Waals surface area contributed by atoms with Gasteiger partial charge < -0.3 is 10.2 Å². The number of carbonyl (C=O) groups is 2. The number of thioether (sulfide) groups is 1. The fourth-order valence-corrected chi connectivity index (χ4v) is 2.03. The van der Waals surface area contributed by atoms with Crippen molar-refractivity contribution in [2.75, 3.05) is 0 Å². The van der Waals surface area contributed by atoms with Gasteiger partial charge >= 0.3 is 11.9 Å². The number of aromatic carboxylic acids is 1. The molecule has 0 saturated heterocycles. The van der Waals surface area contributed by atoms with Crippen LogP contribution in [0.3, 0.4) is 0 Å². The van der Waals surface area contributed by atoms with Crippen molar-refractivity contribution < 1.29 is 19.8 Å². The standard InChI is InChI=1S/C11H12O4S/c1-6-3-4-8(11(14)15)5-9(6)16-7(2)10(12)13/h3-5,7H,1-2H3,(H,12,13)(H,14,15). The highest BCUT2D eigenvalue weighted by atomic mass is 32.2. The van der Waals surface area contributed by atoms with Gasteiger partial charge in [-0.1, -0.05) is 6.07 Å². The van der Waals surface area contributed by atoms with Gasteiger partial charge in [0.25, 0.3) is 0 Å². The summed E-state index contributed by atoms with van der Waals surface area (Å²) >= 11 is 1.15. The lowest BCUT2D eigenvalue weighted by molar-refractivity contribution is -0.136. The summed E-state index contributed by atoms with van der Waals surface area (Å²) in [5, 5.41) is 17.0. The number of aliphatic carboxylic acids is 1. The highest BCUT2D eigenvalue weighted by Gasteiger charge is 2.15. The van der Waals surface area contributed by atoms with E-state index in [2.05, 4.69) is 0 Å². The predicted molar refractivity (Wildman–Crippen MR) is 61.1 cm³/mol. The summed E-state index contributed by atoms with van der Waals surface area (Å²) in [6.45, 7) is 3.39. The Bertz CT molecular complexity index is 428. The lowest BCUT2D eigenvalue weighted by Gasteiger charge is -2.09. The number of benzene rings is 1. The van der Waals surface area contributed by atoms with Gasteiger partial charge in [0.1, 0.15) is 5.25 Å². The Labute approximate surface area is 97.3 Å². The van der Waals surface area contributed by atoms with Crippen molar-refractivity contribution in [1.82, 2.24) is 0 Å². The van der Waals surface area contributed by atoms with Crippen molar-refractivity contribution in [2.24, 2.45) is 0 Å². The second kappa shape index (κ2) is 5.03. The van der Waals surface area contributed by atoms with Crippen LogP contribution in [0.5, 0.6) is 0 Å². The number of hydrogen-bond acceptors (Lipinski definition) is 3. The van der Waals surface area contributed by atoms with Gasteiger partial charge in [0, 0.05) is 4.90 Å². The van der Waals surface area contributed by atoms with E-state index in [1.807, 2.05) is 6.92 Å². The number of rotatable bonds is 4. The third-order valence-corrected chi connectivity index (χ3v) is 3.34. The summed E-state index contributed by atoms with van der Waals surface area (Å²) < 4.78 is 0. The molecule has 0 fully saturated rings. The van der Waals surface area contributed by atoms with Crippen molar-refractivity contribution in [1.29, 1.82) is 0 Å². The second-order valence-electron chi connectivity index (χ2n) is 3.38. The molecule has 4 nitrogen and oxygen atoms in total. The molecule has 0 bridgehead atoms. The Morgan fingerprint density at radius 1 is 1.31 bits per heavy atom. The number of carboxylic acids is 2. The average molecular weight is 240 g/mol. The summed E-state index contributed by atoms with van der Waals surface area (Å²) in [5.74, 6) is -1.92. The van der Waals surface area contributed by atoms with E-state index in [1.165, 1.54) is 12.1 Å². The minimum absolute atomic E-state index is 0.172. The zero-order valence-corrected chi connectivity index (χ0v) is 9.75. The van der Waals surface area contributed by atoms with Gasteiger partial charge in [0.15, 0.2) is 0 Å².